The van der Waals surface area contributed by atoms with Gasteiger partial charge in [-0.15, -0.1) is 0 Å². The molecule has 1 aromatic heterocycles. The van der Waals surface area contributed by atoms with Crippen LogP contribution in [0.3, 0.4) is 0 Å². The molecular weight excluding hydrogens is 296 g/mol. The second kappa shape index (κ2) is 7.59. The van der Waals surface area contributed by atoms with E-state index in [1.54, 1.807) is 0 Å². The summed E-state index contributed by atoms with van der Waals surface area (Å²) >= 11 is 0. The molecule has 0 amide bonds. The number of hydrogen-bond donors (Lipinski definition) is 2. The lowest BCUT2D eigenvalue weighted by Crippen LogP contribution is -2.08. The minimum absolute atomic E-state index is 0.647. The first-order chi connectivity index (χ1) is 11.7. The van der Waals surface area contributed by atoms with Crippen LogP contribution in [0, 0.1) is 13.8 Å². The van der Waals surface area contributed by atoms with Crippen LogP contribution in [0.1, 0.15) is 22.4 Å². The van der Waals surface area contributed by atoms with Crippen molar-refractivity contribution in [2.24, 2.45) is 0 Å². The Bertz CT molecular complexity index is 800. The number of aryl methyl sites for hydroxylation is 2. The standard InChI is InChI=1S/C20H22N4/c1-15-8-6-7-11-18(15)14-22-20-23-16(2)12-19(24-20)21-13-17-9-4-3-5-10-17/h3-12H,13-14H2,1-2H3,(H2,21,22,23,24). The normalized spacial score (nSPS) is 10.4. The zero-order valence-electron chi connectivity index (χ0n) is 14.1. The average Bonchev–Trinajstić information content (AvgIpc) is 2.60. The Labute approximate surface area is 143 Å². The fourth-order valence-corrected chi connectivity index (χ4v) is 2.51. The summed E-state index contributed by atoms with van der Waals surface area (Å²) in [5.74, 6) is 1.48. The molecule has 0 saturated heterocycles. The van der Waals surface area contributed by atoms with Crippen LogP contribution in [0.5, 0.6) is 0 Å². The monoisotopic (exact) mass is 318 g/mol. The third-order valence-electron chi connectivity index (χ3n) is 3.87. The predicted octanol–water partition coefficient (Wildman–Crippen LogP) is 4.32. The van der Waals surface area contributed by atoms with Gasteiger partial charge in [0, 0.05) is 24.8 Å². The van der Waals surface area contributed by atoms with Crippen molar-refractivity contribution in [3.8, 4) is 0 Å². The molecule has 3 aromatic rings. The Balaban J connectivity index is 1.66. The lowest BCUT2D eigenvalue weighted by Gasteiger charge is -2.11. The van der Waals surface area contributed by atoms with Gasteiger partial charge in [0.2, 0.25) is 5.95 Å². The molecule has 0 aliphatic heterocycles. The third-order valence-corrected chi connectivity index (χ3v) is 3.87. The molecule has 122 valence electrons. The van der Waals surface area contributed by atoms with Crippen LogP contribution < -0.4 is 10.6 Å². The average molecular weight is 318 g/mol. The molecule has 0 aliphatic rings. The number of hydrogen-bond acceptors (Lipinski definition) is 4. The largest absolute Gasteiger partial charge is 0.366 e. The fourth-order valence-electron chi connectivity index (χ4n) is 2.51. The van der Waals surface area contributed by atoms with Crippen molar-refractivity contribution in [3.05, 3.63) is 83.0 Å². The summed E-state index contributed by atoms with van der Waals surface area (Å²) in [5.41, 5.74) is 4.68. The molecule has 0 atom stereocenters. The van der Waals surface area contributed by atoms with Gasteiger partial charge in [-0.25, -0.2) is 4.98 Å². The first-order valence-corrected chi connectivity index (χ1v) is 8.12. The van der Waals surface area contributed by atoms with E-state index in [4.69, 9.17) is 0 Å². The molecule has 0 saturated carbocycles. The van der Waals surface area contributed by atoms with Gasteiger partial charge in [0.15, 0.2) is 0 Å². The van der Waals surface area contributed by atoms with E-state index in [1.165, 1.54) is 16.7 Å². The van der Waals surface area contributed by atoms with Crippen molar-refractivity contribution in [2.75, 3.05) is 10.6 Å². The van der Waals surface area contributed by atoms with E-state index in [0.29, 0.717) is 12.5 Å². The number of benzene rings is 2. The van der Waals surface area contributed by atoms with Gasteiger partial charge in [0.1, 0.15) is 5.82 Å². The van der Waals surface area contributed by atoms with Gasteiger partial charge in [-0.05, 0) is 30.5 Å². The summed E-state index contributed by atoms with van der Waals surface area (Å²) in [6, 6.07) is 20.6. The van der Waals surface area contributed by atoms with E-state index in [9.17, 15) is 0 Å². The highest BCUT2D eigenvalue weighted by atomic mass is 15.1. The van der Waals surface area contributed by atoms with Crippen LogP contribution in [-0.2, 0) is 13.1 Å². The van der Waals surface area contributed by atoms with Crippen LogP contribution in [-0.4, -0.2) is 9.97 Å². The Hall–Kier alpha value is -2.88. The molecule has 0 radical (unpaired) electrons. The van der Waals surface area contributed by atoms with Crippen molar-refractivity contribution in [2.45, 2.75) is 26.9 Å². The second-order valence-corrected chi connectivity index (χ2v) is 5.84. The minimum atomic E-state index is 0.647. The first kappa shape index (κ1) is 16.0. The highest BCUT2D eigenvalue weighted by Crippen LogP contribution is 2.13. The quantitative estimate of drug-likeness (QED) is 0.711. The van der Waals surface area contributed by atoms with Gasteiger partial charge in [0.25, 0.3) is 0 Å². The summed E-state index contributed by atoms with van der Waals surface area (Å²) in [7, 11) is 0. The van der Waals surface area contributed by atoms with E-state index in [0.717, 1.165) is 18.1 Å². The van der Waals surface area contributed by atoms with E-state index in [2.05, 4.69) is 51.8 Å². The molecule has 0 unspecified atom stereocenters. The number of aromatic nitrogens is 2. The van der Waals surface area contributed by atoms with Crippen LogP contribution in [0.15, 0.2) is 60.7 Å². The van der Waals surface area contributed by atoms with Crippen molar-refractivity contribution < 1.29 is 0 Å². The number of anilines is 2. The molecule has 24 heavy (non-hydrogen) atoms. The second-order valence-electron chi connectivity index (χ2n) is 5.84. The van der Waals surface area contributed by atoms with Crippen LogP contribution in [0.2, 0.25) is 0 Å². The molecule has 0 aliphatic carbocycles. The van der Waals surface area contributed by atoms with E-state index in [1.807, 2.05) is 43.3 Å². The lowest BCUT2D eigenvalue weighted by atomic mass is 10.1. The van der Waals surface area contributed by atoms with Crippen molar-refractivity contribution in [1.82, 2.24) is 9.97 Å². The van der Waals surface area contributed by atoms with E-state index in [-0.39, 0.29) is 0 Å². The van der Waals surface area contributed by atoms with Crippen LogP contribution in [0.4, 0.5) is 11.8 Å². The maximum Gasteiger partial charge on any atom is 0.225 e. The molecule has 0 bridgehead atoms. The maximum absolute atomic E-state index is 4.56. The lowest BCUT2D eigenvalue weighted by molar-refractivity contribution is 1.01. The molecule has 3 rings (SSSR count). The minimum Gasteiger partial charge on any atom is -0.366 e. The van der Waals surface area contributed by atoms with Gasteiger partial charge in [0.05, 0.1) is 0 Å². The third kappa shape index (κ3) is 4.32. The van der Waals surface area contributed by atoms with Crippen molar-refractivity contribution in [3.63, 3.8) is 0 Å². The summed E-state index contributed by atoms with van der Waals surface area (Å²) in [4.78, 5) is 9.03. The van der Waals surface area contributed by atoms with E-state index < -0.39 is 0 Å². The maximum atomic E-state index is 4.56. The Morgan fingerprint density at radius 1 is 0.792 bits per heavy atom. The summed E-state index contributed by atoms with van der Waals surface area (Å²) < 4.78 is 0. The van der Waals surface area contributed by atoms with Crippen molar-refractivity contribution in [1.29, 1.82) is 0 Å². The van der Waals surface area contributed by atoms with Crippen molar-refractivity contribution >= 4 is 11.8 Å². The summed E-state index contributed by atoms with van der Waals surface area (Å²) in [6.45, 7) is 5.55. The smallest absolute Gasteiger partial charge is 0.225 e. The fraction of sp³-hybridized carbons (Fsp3) is 0.200. The topological polar surface area (TPSA) is 49.8 Å². The Morgan fingerprint density at radius 2 is 1.54 bits per heavy atom. The molecule has 0 spiro atoms. The molecule has 2 aromatic carbocycles. The van der Waals surface area contributed by atoms with Crippen LogP contribution >= 0.6 is 0 Å². The zero-order chi connectivity index (χ0) is 16.8. The highest BCUT2D eigenvalue weighted by molar-refractivity contribution is 5.43. The molecule has 4 heteroatoms. The van der Waals surface area contributed by atoms with Gasteiger partial charge >= 0.3 is 0 Å². The van der Waals surface area contributed by atoms with Gasteiger partial charge < -0.3 is 10.6 Å². The molecule has 1 heterocycles. The molecule has 4 nitrogen and oxygen atoms in total. The van der Waals surface area contributed by atoms with Gasteiger partial charge in [-0.3, -0.25) is 0 Å². The van der Waals surface area contributed by atoms with Gasteiger partial charge in [-0.1, -0.05) is 54.6 Å². The molecule has 0 fully saturated rings. The zero-order valence-corrected chi connectivity index (χ0v) is 14.1. The van der Waals surface area contributed by atoms with Gasteiger partial charge in [-0.2, -0.15) is 4.98 Å². The van der Waals surface area contributed by atoms with Crippen LogP contribution in [0.25, 0.3) is 0 Å². The number of nitrogens with one attached hydrogen (secondary N) is 2. The Morgan fingerprint density at radius 3 is 2.33 bits per heavy atom. The number of nitrogens with zero attached hydrogens (tertiary/aromatic N) is 2. The Kier molecular flexibility index (Phi) is 5.06. The SMILES string of the molecule is Cc1cc(NCc2ccccc2)nc(NCc2ccccc2C)n1. The number of rotatable bonds is 6. The molecule has 2 N–H and O–H groups in total. The highest BCUT2D eigenvalue weighted by Gasteiger charge is 2.03. The summed E-state index contributed by atoms with van der Waals surface area (Å²) in [5, 5.41) is 6.68. The van der Waals surface area contributed by atoms with E-state index >= 15 is 0 Å². The first-order valence-electron chi connectivity index (χ1n) is 8.12. The predicted molar refractivity (Wildman–Crippen MR) is 99.0 cm³/mol. The summed E-state index contributed by atoms with van der Waals surface area (Å²) in [6.07, 6.45) is 0. The molecular formula is C20H22N4.